The molecule has 0 spiro atoms. The van der Waals surface area contributed by atoms with Gasteiger partial charge in [-0.25, -0.2) is 4.79 Å². The SMILES string of the molecule is C[C@H](NC(=O)c1cc(-c2ccc(C(F)(F)F)cc2)cc2cnn(Cc3ccc(-c4ccccc4)cc3)c12)c1ccc(C(=O)O)cc1. The molecule has 6 rings (SSSR count). The third kappa shape index (κ3) is 6.39. The molecule has 6 nitrogen and oxygen atoms in total. The smallest absolute Gasteiger partial charge is 0.416 e. The second-order valence-corrected chi connectivity index (χ2v) is 11.0. The average molecular weight is 620 g/mol. The Balaban J connectivity index is 1.36. The normalized spacial score (nSPS) is 12.2. The van der Waals surface area contributed by atoms with E-state index in [1.165, 1.54) is 24.3 Å². The number of alkyl halides is 3. The maximum atomic E-state index is 13.9. The molecule has 1 aromatic heterocycles. The zero-order valence-corrected chi connectivity index (χ0v) is 24.6. The summed E-state index contributed by atoms with van der Waals surface area (Å²) in [6.45, 7) is 2.17. The van der Waals surface area contributed by atoms with Crippen LogP contribution in [0, 0.1) is 0 Å². The largest absolute Gasteiger partial charge is 0.478 e. The van der Waals surface area contributed by atoms with Crippen LogP contribution in [0.5, 0.6) is 0 Å². The van der Waals surface area contributed by atoms with E-state index in [1.54, 1.807) is 36.0 Å². The Morgan fingerprint density at radius 3 is 2.04 bits per heavy atom. The molecule has 0 aliphatic carbocycles. The summed E-state index contributed by atoms with van der Waals surface area (Å²) in [6.07, 6.45) is -2.82. The van der Waals surface area contributed by atoms with Crippen LogP contribution < -0.4 is 5.32 Å². The summed E-state index contributed by atoms with van der Waals surface area (Å²) in [5, 5.41) is 17.5. The zero-order chi connectivity index (χ0) is 32.4. The van der Waals surface area contributed by atoms with Gasteiger partial charge in [-0.3, -0.25) is 9.48 Å². The number of carboxylic acid groups (broad SMARTS) is 1. The molecule has 0 aliphatic rings. The summed E-state index contributed by atoms with van der Waals surface area (Å²) in [7, 11) is 0. The van der Waals surface area contributed by atoms with Gasteiger partial charge in [0.15, 0.2) is 0 Å². The van der Waals surface area contributed by atoms with Crippen LogP contribution in [-0.2, 0) is 12.7 Å². The van der Waals surface area contributed by atoms with E-state index in [1.807, 2.05) is 60.7 Å². The van der Waals surface area contributed by atoms with Gasteiger partial charge in [0, 0.05) is 5.39 Å². The van der Waals surface area contributed by atoms with Crippen molar-refractivity contribution in [3.8, 4) is 22.3 Å². The molecule has 6 aromatic rings. The van der Waals surface area contributed by atoms with E-state index >= 15 is 0 Å². The first-order chi connectivity index (χ1) is 22.1. The Morgan fingerprint density at radius 2 is 1.41 bits per heavy atom. The summed E-state index contributed by atoms with van der Waals surface area (Å²) in [6, 6.07) is 32.1. The molecule has 1 heterocycles. The van der Waals surface area contributed by atoms with Gasteiger partial charge < -0.3 is 10.4 Å². The number of carbonyl (C=O) groups excluding carboxylic acids is 1. The number of fused-ring (bicyclic) bond motifs is 1. The van der Waals surface area contributed by atoms with Crippen LogP contribution in [0.2, 0.25) is 0 Å². The first-order valence-electron chi connectivity index (χ1n) is 14.5. The minimum atomic E-state index is -4.47. The predicted molar refractivity (Wildman–Crippen MR) is 170 cm³/mol. The lowest BCUT2D eigenvalue weighted by Crippen LogP contribution is -2.27. The Bertz CT molecular complexity index is 2020. The number of rotatable bonds is 8. The third-order valence-electron chi connectivity index (χ3n) is 7.92. The van der Waals surface area contributed by atoms with Crippen molar-refractivity contribution in [2.45, 2.75) is 25.7 Å². The van der Waals surface area contributed by atoms with Crippen LogP contribution in [0.15, 0.2) is 121 Å². The monoisotopic (exact) mass is 619 g/mol. The summed E-state index contributed by atoms with van der Waals surface area (Å²) >= 11 is 0. The number of hydrogen-bond acceptors (Lipinski definition) is 3. The van der Waals surface area contributed by atoms with Crippen molar-refractivity contribution in [2.24, 2.45) is 0 Å². The Morgan fingerprint density at radius 1 is 0.804 bits per heavy atom. The predicted octanol–water partition coefficient (Wildman–Crippen LogP) is 8.63. The molecular formula is C37H28F3N3O3. The lowest BCUT2D eigenvalue weighted by atomic mass is 9.98. The van der Waals surface area contributed by atoms with Crippen molar-refractivity contribution in [3.63, 3.8) is 0 Å². The van der Waals surface area contributed by atoms with Crippen LogP contribution >= 0.6 is 0 Å². The Kier molecular flexibility index (Phi) is 8.15. The summed E-state index contributed by atoms with van der Waals surface area (Å²) < 4.78 is 41.4. The van der Waals surface area contributed by atoms with Crippen LogP contribution in [0.3, 0.4) is 0 Å². The number of carboxylic acids is 1. The quantitative estimate of drug-likeness (QED) is 0.179. The topological polar surface area (TPSA) is 84.2 Å². The number of hydrogen-bond donors (Lipinski definition) is 2. The first-order valence-corrected chi connectivity index (χ1v) is 14.5. The highest BCUT2D eigenvalue weighted by molar-refractivity contribution is 6.07. The van der Waals surface area contributed by atoms with Crippen molar-refractivity contribution in [3.05, 3.63) is 149 Å². The maximum absolute atomic E-state index is 13.9. The molecule has 1 atom stereocenters. The van der Waals surface area contributed by atoms with E-state index in [4.69, 9.17) is 0 Å². The molecule has 1 amide bonds. The highest BCUT2D eigenvalue weighted by Crippen LogP contribution is 2.33. The molecule has 230 valence electrons. The fourth-order valence-corrected chi connectivity index (χ4v) is 5.42. The highest BCUT2D eigenvalue weighted by Gasteiger charge is 2.30. The standard InChI is InChI=1S/C37H28F3N3O3/c1-23(25-11-13-29(14-12-25)36(45)46)42-35(44)33-20-30(28-15-17-32(18-16-28)37(38,39)40)19-31-21-41-43(34(31)33)22-24-7-9-27(10-8-24)26-5-3-2-4-6-26/h2-21,23H,22H2,1H3,(H,42,44)(H,45,46)/t23-/m0/s1. The van der Waals surface area contributed by atoms with Gasteiger partial charge in [0.25, 0.3) is 5.91 Å². The number of nitrogens with zero attached hydrogens (tertiary/aromatic N) is 2. The molecule has 5 aromatic carbocycles. The number of benzene rings is 5. The van der Waals surface area contributed by atoms with Gasteiger partial charge in [-0.05, 0) is 76.7 Å². The van der Waals surface area contributed by atoms with Gasteiger partial charge in [-0.1, -0.05) is 78.9 Å². The summed E-state index contributed by atoms with van der Waals surface area (Å²) in [5.41, 5.74) is 5.19. The van der Waals surface area contributed by atoms with Crippen molar-refractivity contribution >= 4 is 22.8 Å². The van der Waals surface area contributed by atoms with Crippen LogP contribution in [0.1, 0.15) is 50.4 Å². The second kappa shape index (κ2) is 12.4. The van der Waals surface area contributed by atoms with Gasteiger partial charge in [0.2, 0.25) is 0 Å². The second-order valence-electron chi connectivity index (χ2n) is 11.0. The van der Waals surface area contributed by atoms with E-state index in [9.17, 15) is 27.9 Å². The van der Waals surface area contributed by atoms with Gasteiger partial charge in [0.1, 0.15) is 0 Å². The molecule has 2 N–H and O–H groups in total. The summed E-state index contributed by atoms with van der Waals surface area (Å²) in [4.78, 5) is 25.2. The van der Waals surface area contributed by atoms with Crippen LogP contribution in [-0.4, -0.2) is 26.8 Å². The molecule has 0 radical (unpaired) electrons. The number of carbonyl (C=O) groups is 2. The third-order valence-corrected chi connectivity index (χ3v) is 7.92. The number of nitrogens with one attached hydrogen (secondary N) is 1. The lowest BCUT2D eigenvalue weighted by Gasteiger charge is -2.17. The van der Waals surface area contributed by atoms with Crippen molar-refractivity contribution in [2.75, 3.05) is 0 Å². The molecule has 0 saturated carbocycles. The molecule has 0 saturated heterocycles. The number of aromatic nitrogens is 2. The first kappa shape index (κ1) is 30.3. The van der Waals surface area contributed by atoms with Crippen LogP contribution in [0.25, 0.3) is 33.2 Å². The van der Waals surface area contributed by atoms with E-state index in [0.29, 0.717) is 39.7 Å². The Hall–Kier alpha value is -5.70. The van der Waals surface area contributed by atoms with Gasteiger partial charge in [-0.15, -0.1) is 0 Å². The molecule has 0 bridgehead atoms. The minimum absolute atomic E-state index is 0.133. The van der Waals surface area contributed by atoms with E-state index in [0.717, 1.165) is 28.8 Å². The average Bonchev–Trinajstić information content (AvgIpc) is 3.47. The Labute approximate surface area is 262 Å². The number of aromatic carboxylic acids is 1. The summed E-state index contributed by atoms with van der Waals surface area (Å²) in [5.74, 6) is -1.46. The minimum Gasteiger partial charge on any atom is -0.478 e. The number of amides is 1. The molecule has 0 aliphatic heterocycles. The molecular weight excluding hydrogens is 591 g/mol. The molecule has 0 fully saturated rings. The van der Waals surface area contributed by atoms with E-state index in [2.05, 4.69) is 10.4 Å². The zero-order valence-electron chi connectivity index (χ0n) is 24.6. The fourth-order valence-electron chi connectivity index (χ4n) is 5.42. The molecule has 9 heteroatoms. The fraction of sp³-hybridized carbons (Fsp3) is 0.108. The van der Waals surface area contributed by atoms with E-state index in [-0.39, 0.29) is 5.56 Å². The van der Waals surface area contributed by atoms with Crippen molar-refractivity contribution < 1.29 is 27.9 Å². The van der Waals surface area contributed by atoms with Crippen molar-refractivity contribution in [1.82, 2.24) is 15.1 Å². The van der Waals surface area contributed by atoms with Gasteiger partial charge >= 0.3 is 12.1 Å². The van der Waals surface area contributed by atoms with Gasteiger partial charge in [-0.2, -0.15) is 18.3 Å². The van der Waals surface area contributed by atoms with Crippen LogP contribution in [0.4, 0.5) is 13.2 Å². The molecule has 46 heavy (non-hydrogen) atoms. The lowest BCUT2D eigenvalue weighted by molar-refractivity contribution is -0.137. The van der Waals surface area contributed by atoms with E-state index < -0.39 is 29.7 Å². The molecule has 0 unspecified atom stereocenters. The highest BCUT2D eigenvalue weighted by atomic mass is 19.4. The number of halogens is 3. The van der Waals surface area contributed by atoms with Crippen molar-refractivity contribution in [1.29, 1.82) is 0 Å². The van der Waals surface area contributed by atoms with Gasteiger partial charge in [0.05, 0.1) is 41.0 Å². The maximum Gasteiger partial charge on any atom is 0.416 e.